The number of piperidine rings is 1. The molecule has 1 aliphatic carbocycles. The van der Waals surface area contributed by atoms with Gasteiger partial charge >= 0.3 is 0 Å². The number of carbonyl (C=O) groups excluding carboxylic acids is 3. The van der Waals surface area contributed by atoms with Gasteiger partial charge in [-0.05, 0) is 86.5 Å². The first-order chi connectivity index (χ1) is 21.5. The summed E-state index contributed by atoms with van der Waals surface area (Å²) in [4.78, 5) is 42.5. The second-order valence-corrected chi connectivity index (χ2v) is 13.8. The molecule has 1 aromatic heterocycles. The Balaban J connectivity index is 1.22. The first kappa shape index (κ1) is 30.7. The number of nitrogens with one attached hydrogen (secondary N) is 4. The van der Waals surface area contributed by atoms with Crippen LogP contribution in [0.3, 0.4) is 0 Å². The lowest BCUT2D eigenvalue weighted by Gasteiger charge is -2.39. The smallest absolute Gasteiger partial charge is 0.262 e. The van der Waals surface area contributed by atoms with Crippen molar-refractivity contribution >= 4 is 39.1 Å². The van der Waals surface area contributed by atoms with Gasteiger partial charge in [0.1, 0.15) is 11.6 Å². The van der Waals surface area contributed by atoms with Crippen molar-refractivity contribution in [2.75, 3.05) is 26.3 Å². The summed E-state index contributed by atoms with van der Waals surface area (Å²) in [6.45, 7) is 3.33. The van der Waals surface area contributed by atoms with E-state index in [-0.39, 0.29) is 23.8 Å². The molecule has 3 aliphatic rings. The van der Waals surface area contributed by atoms with Gasteiger partial charge in [-0.2, -0.15) is 0 Å². The molecule has 8 nitrogen and oxygen atoms in total. The maximum absolute atomic E-state index is 14.2. The number of ether oxygens (including phenoxy) is 1. The number of carbonyl (C=O) groups is 3. The number of hydrogen-bond donors (Lipinski definition) is 4. The normalized spacial score (nSPS) is 20.5. The molecule has 2 aliphatic heterocycles. The highest BCUT2D eigenvalue weighted by molar-refractivity contribution is 7.20. The Labute approximate surface area is 263 Å². The average molecular weight is 617 g/mol. The SMILES string of the molecule is O=C(NC1(C(=O)N[C@H](Cc2ccccc2)C(=O)NC(C2CCNCC2)C2CCOCC2)CCCC1)c1cc2ccccc2s1. The fourth-order valence-electron chi connectivity index (χ4n) is 7.28. The van der Waals surface area contributed by atoms with Gasteiger partial charge in [-0.3, -0.25) is 14.4 Å². The summed E-state index contributed by atoms with van der Waals surface area (Å²) in [5.41, 5.74) is -0.0651. The molecule has 0 bridgehead atoms. The van der Waals surface area contributed by atoms with E-state index in [4.69, 9.17) is 4.74 Å². The standard InChI is InChI=1S/C35H44N4O4S/c40-32(38-31(25-12-18-36-19-13-25)26-14-20-43-21-15-26)28(22-24-8-2-1-3-9-24)37-34(42)35(16-6-7-17-35)39-33(41)30-23-27-10-4-5-11-29(27)44-30/h1-5,8-11,23,25-26,28,31,36H,6-7,12-22H2,(H,37,42)(H,38,40)(H,39,41)/t28-,31?/m1/s1. The van der Waals surface area contributed by atoms with E-state index >= 15 is 0 Å². The van der Waals surface area contributed by atoms with Gasteiger partial charge in [0.2, 0.25) is 11.8 Å². The lowest BCUT2D eigenvalue weighted by atomic mass is 9.79. The van der Waals surface area contributed by atoms with Crippen LogP contribution in [0.25, 0.3) is 10.1 Å². The van der Waals surface area contributed by atoms with Gasteiger partial charge < -0.3 is 26.0 Å². The summed E-state index contributed by atoms with van der Waals surface area (Å²) in [6, 6.07) is 18.9. The lowest BCUT2D eigenvalue weighted by Crippen LogP contribution is -2.62. The van der Waals surface area contributed by atoms with Crippen LogP contribution in [0.4, 0.5) is 0 Å². The van der Waals surface area contributed by atoms with E-state index in [9.17, 15) is 14.4 Å². The van der Waals surface area contributed by atoms with Crippen molar-refractivity contribution in [3.05, 3.63) is 71.1 Å². The largest absolute Gasteiger partial charge is 0.381 e. The van der Waals surface area contributed by atoms with Crippen molar-refractivity contribution in [2.45, 2.75) is 75.4 Å². The molecule has 9 heteroatoms. The van der Waals surface area contributed by atoms with Crippen LogP contribution < -0.4 is 21.3 Å². The van der Waals surface area contributed by atoms with E-state index in [0.29, 0.717) is 49.2 Å². The van der Waals surface area contributed by atoms with E-state index in [1.807, 2.05) is 60.7 Å². The zero-order valence-corrected chi connectivity index (χ0v) is 26.1. The molecule has 44 heavy (non-hydrogen) atoms. The van der Waals surface area contributed by atoms with Crippen LogP contribution in [0.2, 0.25) is 0 Å². The fourth-order valence-corrected chi connectivity index (χ4v) is 8.24. The molecule has 234 valence electrons. The summed E-state index contributed by atoms with van der Waals surface area (Å²) < 4.78 is 6.69. The minimum atomic E-state index is -1.04. The zero-order chi connectivity index (χ0) is 30.4. The summed E-state index contributed by atoms with van der Waals surface area (Å²) in [5.74, 6) is 0.0767. The van der Waals surface area contributed by atoms with E-state index < -0.39 is 11.6 Å². The van der Waals surface area contributed by atoms with Crippen LogP contribution in [0.5, 0.6) is 0 Å². The van der Waals surface area contributed by atoms with Crippen molar-refractivity contribution < 1.29 is 19.1 Å². The minimum absolute atomic E-state index is 0.0387. The highest BCUT2D eigenvalue weighted by Gasteiger charge is 2.44. The van der Waals surface area contributed by atoms with Gasteiger partial charge in [0.05, 0.1) is 4.88 Å². The van der Waals surface area contributed by atoms with Gasteiger partial charge in [0, 0.05) is 30.4 Å². The predicted octanol–water partition coefficient (Wildman–Crippen LogP) is 4.58. The molecular formula is C35H44N4O4S. The third-order valence-corrected chi connectivity index (χ3v) is 10.9. The highest BCUT2D eigenvalue weighted by atomic mass is 32.1. The molecule has 2 atom stereocenters. The Morgan fingerprint density at radius 1 is 0.886 bits per heavy atom. The van der Waals surface area contributed by atoms with E-state index in [2.05, 4.69) is 21.3 Å². The van der Waals surface area contributed by atoms with Gasteiger partial charge in [-0.1, -0.05) is 61.4 Å². The first-order valence-electron chi connectivity index (χ1n) is 16.3. The van der Waals surface area contributed by atoms with Crippen molar-refractivity contribution in [2.24, 2.45) is 11.8 Å². The fraction of sp³-hybridized carbons (Fsp3) is 0.514. The molecule has 3 heterocycles. The number of rotatable bonds is 10. The summed E-state index contributed by atoms with van der Waals surface area (Å²) in [7, 11) is 0. The maximum Gasteiger partial charge on any atom is 0.262 e. The van der Waals surface area contributed by atoms with Crippen LogP contribution in [-0.2, 0) is 20.7 Å². The summed E-state index contributed by atoms with van der Waals surface area (Å²) in [5, 5.41) is 14.2. The molecule has 2 saturated heterocycles. The minimum Gasteiger partial charge on any atom is -0.381 e. The third kappa shape index (κ3) is 7.16. The van der Waals surface area contributed by atoms with Gasteiger partial charge in [-0.15, -0.1) is 11.3 Å². The van der Waals surface area contributed by atoms with Crippen molar-refractivity contribution in [1.29, 1.82) is 0 Å². The Hall–Kier alpha value is -3.27. The van der Waals surface area contributed by atoms with E-state index in [0.717, 1.165) is 67.3 Å². The maximum atomic E-state index is 14.2. The monoisotopic (exact) mass is 616 g/mol. The molecule has 4 N–H and O–H groups in total. The molecular weight excluding hydrogens is 572 g/mol. The molecule has 0 spiro atoms. The number of fused-ring (bicyclic) bond motifs is 1. The molecule has 6 rings (SSSR count). The van der Waals surface area contributed by atoms with Crippen LogP contribution in [0, 0.1) is 11.8 Å². The van der Waals surface area contributed by atoms with E-state index in [1.54, 1.807) is 0 Å². The molecule has 3 amide bonds. The molecule has 3 fully saturated rings. The number of benzene rings is 2. The summed E-state index contributed by atoms with van der Waals surface area (Å²) >= 11 is 1.43. The third-order valence-electron chi connectivity index (χ3n) is 9.77. The Morgan fingerprint density at radius 2 is 1.57 bits per heavy atom. The first-order valence-corrected chi connectivity index (χ1v) is 17.1. The van der Waals surface area contributed by atoms with Gasteiger partial charge in [0.25, 0.3) is 5.91 Å². The second-order valence-electron chi connectivity index (χ2n) is 12.7. The van der Waals surface area contributed by atoms with E-state index in [1.165, 1.54) is 11.3 Å². The molecule has 1 saturated carbocycles. The topological polar surface area (TPSA) is 109 Å². The Kier molecular flexibility index (Phi) is 9.94. The van der Waals surface area contributed by atoms with Gasteiger partial charge in [-0.25, -0.2) is 0 Å². The molecule has 0 radical (unpaired) electrons. The molecule has 2 aromatic carbocycles. The van der Waals surface area contributed by atoms with Crippen molar-refractivity contribution in [3.63, 3.8) is 0 Å². The zero-order valence-electron chi connectivity index (χ0n) is 25.3. The van der Waals surface area contributed by atoms with Crippen LogP contribution >= 0.6 is 11.3 Å². The molecule has 3 aromatic rings. The molecule has 1 unspecified atom stereocenters. The van der Waals surface area contributed by atoms with Crippen LogP contribution in [0.15, 0.2) is 60.7 Å². The average Bonchev–Trinajstić information content (AvgIpc) is 3.73. The highest BCUT2D eigenvalue weighted by Crippen LogP contribution is 2.33. The summed E-state index contributed by atoms with van der Waals surface area (Å²) in [6.07, 6.45) is 7.06. The number of thiophene rings is 1. The predicted molar refractivity (Wildman–Crippen MR) is 174 cm³/mol. The number of amides is 3. The Bertz CT molecular complexity index is 1370. The van der Waals surface area contributed by atoms with Crippen molar-refractivity contribution in [1.82, 2.24) is 21.3 Å². The van der Waals surface area contributed by atoms with Crippen molar-refractivity contribution in [3.8, 4) is 0 Å². The second kappa shape index (κ2) is 14.2. The quantitative estimate of drug-likeness (QED) is 0.267. The van der Waals surface area contributed by atoms with Crippen LogP contribution in [0.1, 0.15) is 66.6 Å². The Morgan fingerprint density at radius 3 is 2.30 bits per heavy atom. The van der Waals surface area contributed by atoms with Gasteiger partial charge in [0.15, 0.2) is 0 Å². The number of hydrogen-bond acceptors (Lipinski definition) is 6. The lowest BCUT2D eigenvalue weighted by molar-refractivity contribution is -0.133. The van der Waals surface area contributed by atoms with Crippen LogP contribution in [-0.4, -0.2) is 61.6 Å².